The molecule has 3 nitrogen and oxygen atoms in total. The predicted molar refractivity (Wildman–Crippen MR) is 55.0 cm³/mol. The van der Waals surface area contributed by atoms with Gasteiger partial charge in [-0.3, -0.25) is 0 Å². The Morgan fingerprint density at radius 1 is 1.50 bits per heavy atom. The van der Waals surface area contributed by atoms with E-state index >= 15 is 0 Å². The Balaban J connectivity index is 3.08. The smallest absolute Gasteiger partial charge is 0.387 e. The third-order valence-electron chi connectivity index (χ3n) is 1.54. The average molecular weight is 253 g/mol. The molecular formula is C9H8ClF3N2O. The lowest BCUT2D eigenvalue weighted by Gasteiger charge is -2.07. The van der Waals surface area contributed by atoms with E-state index in [4.69, 9.17) is 17.3 Å². The zero-order valence-electron chi connectivity index (χ0n) is 7.96. The van der Waals surface area contributed by atoms with E-state index in [0.29, 0.717) is 0 Å². The molecule has 7 heteroatoms. The van der Waals surface area contributed by atoms with Crippen LogP contribution in [0.5, 0.6) is 5.75 Å². The topological polar surface area (TPSA) is 47.6 Å². The monoisotopic (exact) mass is 252 g/mol. The van der Waals surface area contributed by atoms with Gasteiger partial charge in [0.15, 0.2) is 5.75 Å². The molecule has 1 aromatic carbocycles. The molecule has 0 atom stereocenters. The Bertz CT molecular complexity index is 398. The number of nitrogens with two attached hydrogens (primary N) is 1. The zero-order valence-corrected chi connectivity index (χ0v) is 8.72. The summed E-state index contributed by atoms with van der Waals surface area (Å²) < 4.78 is 41.0. The Morgan fingerprint density at radius 3 is 2.75 bits per heavy atom. The number of nitrogens with zero attached hydrogens (tertiary/aromatic N) is 1. The molecule has 2 N–H and O–H groups in total. The summed E-state index contributed by atoms with van der Waals surface area (Å²) in [5.41, 5.74) is 5.18. The van der Waals surface area contributed by atoms with Gasteiger partial charge >= 0.3 is 6.61 Å². The highest BCUT2D eigenvalue weighted by Gasteiger charge is 2.10. The van der Waals surface area contributed by atoms with Gasteiger partial charge in [0, 0.05) is 6.07 Å². The number of amidine groups is 1. The first-order chi connectivity index (χ1) is 7.52. The molecule has 0 spiro atoms. The van der Waals surface area contributed by atoms with Crippen LogP contribution in [0.1, 0.15) is 0 Å². The first-order valence-corrected chi connectivity index (χ1v) is 4.69. The van der Waals surface area contributed by atoms with Crippen LogP contribution in [0.2, 0.25) is 0 Å². The third-order valence-corrected chi connectivity index (χ3v) is 1.81. The van der Waals surface area contributed by atoms with Gasteiger partial charge < -0.3 is 10.5 Å². The first kappa shape index (κ1) is 12.6. The SMILES string of the molecule is NC(CCl)=Nc1cc(F)ccc1OC(F)F. The summed E-state index contributed by atoms with van der Waals surface area (Å²) in [6, 6.07) is 2.95. The first-order valence-electron chi connectivity index (χ1n) is 4.16. The second-order valence-corrected chi connectivity index (χ2v) is 2.99. The maximum Gasteiger partial charge on any atom is 0.387 e. The van der Waals surface area contributed by atoms with E-state index in [0.717, 1.165) is 18.2 Å². The molecule has 0 bridgehead atoms. The molecule has 0 aliphatic heterocycles. The van der Waals surface area contributed by atoms with Crippen molar-refractivity contribution in [2.45, 2.75) is 6.61 Å². The Labute approximate surface area is 94.7 Å². The minimum atomic E-state index is -3.02. The van der Waals surface area contributed by atoms with Gasteiger partial charge in [-0.25, -0.2) is 9.38 Å². The predicted octanol–water partition coefficient (Wildman–Crippen LogP) is 2.65. The quantitative estimate of drug-likeness (QED) is 0.509. The lowest BCUT2D eigenvalue weighted by Crippen LogP contribution is -2.12. The molecule has 0 saturated heterocycles. The van der Waals surface area contributed by atoms with Crippen LogP contribution in [-0.2, 0) is 0 Å². The molecule has 1 aromatic rings. The zero-order chi connectivity index (χ0) is 12.1. The number of hydrogen-bond donors (Lipinski definition) is 1. The maximum absolute atomic E-state index is 12.9. The molecule has 0 fully saturated rings. The van der Waals surface area contributed by atoms with Crippen molar-refractivity contribution in [3.8, 4) is 5.75 Å². The molecule has 0 aromatic heterocycles. The maximum atomic E-state index is 12.9. The van der Waals surface area contributed by atoms with Crippen molar-refractivity contribution in [2.24, 2.45) is 10.7 Å². The van der Waals surface area contributed by atoms with Gasteiger partial charge in [0.2, 0.25) is 0 Å². The largest absolute Gasteiger partial charge is 0.433 e. The fraction of sp³-hybridized carbons (Fsp3) is 0.222. The van der Waals surface area contributed by atoms with Crippen molar-refractivity contribution < 1.29 is 17.9 Å². The minimum Gasteiger partial charge on any atom is -0.433 e. The lowest BCUT2D eigenvalue weighted by molar-refractivity contribution is -0.0494. The van der Waals surface area contributed by atoms with Crippen molar-refractivity contribution in [1.82, 2.24) is 0 Å². The summed E-state index contributed by atoms with van der Waals surface area (Å²) >= 11 is 5.36. The molecule has 88 valence electrons. The standard InChI is InChI=1S/C9H8ClF3N2O/c10-4-8(14)15-6-3-5(11)1-2-7(6)16-9(12)13/h1-3,9H,4H2,(H2,14,15). The van der Waals surface area contributed by atoms with E-state index < -0.39 is 12.4 Å². The van der Waals surface area contributed by atoms with Gasteiger partial charge in [-0.1, -0.05) is 0 Å². The summed E-state index contributed by atoms with van der Waals surface area (Å²) in [5, 5.41) is 0. The molecule has 0 aliphatic carbocycles. The van der Waals surface area contributed by atoms with E-state index in [1.165, 1.54) is 0 Å². The minimum absolute atomic E-state index is 0.0219. The van der Waals surface area contributed by atoms with Crippen molar-refractivity contribution >= 4 is 23.1 Å². The highest BCUT2D eigenvalue weighted by atomic mass is 35.5. The third kappa shape index (κ3) is 3.62. The summed E-state index contributed by atoms with van der Waals surface area (Å²) in [7, 11) is 0. The van der Waals surface area contributed by atoms with Crippen LogP contribution in [-0.4, -0.2) is 18.3 Å². The number of rotatable bonds is 4. The van der Waals surface area contributed by atoms with Crippen LogP contribution in [0.25, 0.3) is 0 Å². The van der Waals surface area contributed by atoms with Gasteiger partial charge in [0.1, 0.15) is 17.3 Å². The number of benzene rings is 1. The lowest BCUT2D eigenvalue weighted by atomic mass is 10.3. The van der Waals surface area contributed by atoms with Crippen LogP contribution >= 0.6 is 11.6 Å². The van der Waals surface area contributed by atoms with Crippen LogP contribution in [0, 0.1) is 5.82 Å². The molecule has 0 unspecified atom stereocenters. The average Bonchev–Trinajstić information content (AvgIpc) is 2.21. The number of aliphatic imine (C=N–C) groups is 1. The second-order valence-electron chi connectivity index (χ2n) is 2.73. The van der Waals surface area contributed by atoms with Gasteiger partial charge in [-0.2, -0.15) is 8.78 Å². The molecule has 0 radical (unpaired) electrons. The molecule has 16 heavy (non-hydrogen) atoms. The van der Waals surface area contributed by atoms with Gasteiger partial charge in [-0.05, 0) is 12.1 Å². The summed E-state index contributed by atoms with van der Waals surface area (Å²) in [5.74, 6) is -1.01. The van der Waals surface area contributed by atoms with Crippen molar-refractivity contribution in [3.05, 3.63) is 24.0 Å². The molecular weight excluding hydrogens is 245 g/mol. The van der Waals surface area contributed by atoms with Crippen LogP contribution < -0.4 is 10.5 Å². The number of ether oxygens (including phenoxy) is 1. The van der Waals surface area contributed by atoms with Crippen molar-refractivity contribution in [2.75, 3.05) is 5.88 Å². The molecule has 0 saturated carbocycles. The Kier molecular flexibility index (Phi) is 4.42. The van der Waals surface area contributed by atoms with Gasteiger partial charge in [0.25, 0.3) is 0 Å². The molecule has 0 heterocycles. The fourth-order valence-electron chi connectivity index (χ4n) is 0.958. The summed E-state index contributed by atoms with van der Waals surface area (Å²) in [6.07, 6.45) is 0. The Hall–Kier alpha value is -1.43. The van der Waals surface area contributed by atoms with E-state index in [-0.39, 0.29) is 23.2 Å². The Morgan fingerprint density at radius 2 is 2.19 bits per heavy atom. The van der Waals surface area contributed by atoms with E-state index in [1.54, 1.807) is 0 Å². The highest BCUT2D eigenvalue weighted by Crippen LogP contribution is 2.29. The van der Waals surface area contributed by atoms with Crippen molar-refractivity contribution in [1.29, 1.82) is 0 Å². The van der Waals surface area contributed by atoms with E-state index in [9.17, 15) is 13.2 Å². The number of halogens is 4. The normalized spacial score (nSPS) is 11.9. The molecule has 0 amide bonds. The highest BCUT2D eigenvalue weighted by molar-refractivity contribution is 6.28. The van der Waals surface area contributed by atoms with Crippen LogP contribution in [0.4, 0.5) is 18.9 Å². The second kappa shape index (κ2) is 5.60. The number of alkyl halides is 3. The summed E-state index contributed by atoms with van der Waals surface area (Å²) in [4.78, 5) is 3.66. The van der Waals surface area contributed by atoms with Crippen LogP contribution in [0.15, 0.2) is 23.2 Å². The number of hydrogen-bond acceptors (Lipinski definition) is 2. The van der Waals surface area contributed by atoms with Gasteiger partial charge in [0.05, 0.1) is 5.88 Å². The fourth-order valence-corrected chi connectivity index (χ4v) is 1.02. The van der Waals surface area contributed by atoms with E-state index in [1.807, 2.05) is 0 Å². The summed E-state index contributed by atoms with van der Waals surface area (Å²) in [6.45, 7) is -3.02. The van der Waals surface area contributed by atoms with Gasteiger partial charge in [-0.15, -0.1) is 11.6 Å². The molecule has 0 aliphatic rings. The molecule has 1 rings (SSSR count). The van der Waals surface area contributed by atoms with Crippen molar-refractivity contribution in [3.63, 3.8) is 0 Å². The van der Waals surface area contributed by atoms with E-state index in [2.05, 4.69) is 9.73 Å². The van der Waals surface area contributed by atoms with Crippen LogP contribution in [0.3, 0.4) is 0 Å².